The standard InChI is InChI=1S/C14H20O4/c1-9(16)10-3-4-13(8-15)7-11-12(2,18-11)5-6-14(10,13)17/h8,10-11,17H,3-7H2,1-2H3/t10-,11+,12-,13-,14-/m0/s1. The molecule has 0 aromatic heterocycles. The molecule has 5 atom stereocenters. The molecule has 1 heterocycles. The molecule has 1 N–H and O–H groups in total. The van der Waals surface area contributed by atoms with E-state index in [1.54, 1.807) is 0 Å². The maximum atomic E-state index is 11.7. The molecule has 0 radical (unpaired) electrons. The van der Waals surface area contributed by atoms with Gasteiger partial charge in [-0.3, -0.25) is 4.79 Å². The van der Waals surface area contributed by atoms with Crippen LogP contribution in [0.25, 0.3) is 0 Å². The molecule has 2 aliphatic carbocycles. The number of fused-ring (bicyclic) bond motifs is 2. The Morgan fingerprint density at radius 1 is 1.39 bits per heavy atom. The first-order valence-corrected chi connectivity index (χ1v) is 6.74. The molecular weight excluding hydrogens is 232 g/mol. The van der Waals surface area contributed by atoms with Gasteiger partial charge in [-0.05, 0) is 46.0 Å². The minimum atomic E-state index is -1.15. The van der Waals surface area contributed by atoms with Crippen LogP contribution in [0.5, 0.6) is 0 Å². The Hall–Kier alpha value is -0.740. The van der Waals surface area contributed by atoms with Crippen molar-refractivity contribution in [3.05, 3.63) is 0 Å². The van der Waals surface area contributed by atoms with E-state index in [4.69, 9.17) is 4.74 Å². The van der Waals surface area contributed by atoms with Crippen LogP contribution < -0.4 is 0 Å². The molecule has 0 aromatic carbocycles. The van der Waals surface area contributed by atoms with E-state index in [-0.39, 0.29) is 23.4 Å². The molecule has 100 valence electrons. The first-order chi connectivity index (χ1) is 8.37. The number of ether oxygens (including phenoxy) is 1. The van der Waals surface area contributed by atoms with Crippen LogP contribution in [0.15, 0.2) is 0 Å². The highest BCUT2D eigenvalue weighted by Gasteiger charge is 2.68. The van der Waals surface area contributed by atoms with Gasteiger partial charge in [0, 0.05) is 5.92 Å². The Kier molecular flexibility index (Phi) is 2.34. The van der Waals surface area contributed by atoms with E-state index in [2.05, 4.69) is 0 Å². The van der Waals surface area contributed by atoms with Crippen LogP contribution in [0, 0.1) is 11.3 Å². The largest absolute Gasteiger partial charge is 0.388 e. The van der Waals surface area contributed by atoms with Crippen LogP contribution in [-0.2, 0) is 14.3 Å². The monoisotopic (exact) mass is 252 g/mol. The van der Waals surface area contributed by atoms with Gasteiger partial charge in [0.15, 0.2) is 0 Å². The van der Waals surface area contributed by atoms with E-state index >= 15 is 0 Å². The summed E-state index contributed by atoms with van der Waals surface area (Å²) < 4.78 is 5.67. The number of hydrogen-bond acceptors (Lipinski definition) is 4. The lowest BCUT2D eigenvalue weighted by Gasteiger charge is -2.40. The SMILES string of the molecule is CC(=O)[C@@H]1CC[C@@]2(C=O)C[C@H]3O[C@@]3(C)CC[C@]12O. The lowest BCUT2D eigenvalue weighted by molar-refractivity contribution is -0.148. The van der Waals surface area contributed by atoms with E-state index in [9.17, 15) is 14.7 Å². The fourth-order valence-corrected chi connectivity index (χ4v) is 4.19. The Morgan fingerprint density at radius 2 is 2.11 bits per heavy atom. The second-order valence-corrected chi connectivity index (χ2v) is 6.52. The third kappa shape index (κ3) is 1.33. The van der Waals surface area contributed by atoms with E-state index in [0.717, 1.165) is 12.7 Å². The van der Waals surface area contributed by atoms with Gasteiger partial charge in [-0.1, -0.05) is 0 Å². The number of aldehydes is 1. The van der Waals surface area contributed by atoms with Gasteiger partial charge in [-0.2, -0.15) is 0 Å². The quantitative estimate of drug-likeness (QED) is 0.593. The predicted molar refractivity (Wildman–Crippen MR) is 64.0 cm³/mol. The summed E-state index contributed by atoms with van der Waals surface area (Å²) in [6.45, 7) is 3.55. The van der Waals surface area contributed by atoms with Crippen molar-refractivity contribution in [2.45, 2.75) is 63.3 Å². The summed E-state index contributed by atoms with van der Waals surface area (Å²) in [5.41, 5.74) is -2.11. The van der Waals surface area contributed by atoms with Gasteiger partial charge < -0.3 is 14.6 Å². The third-order valence-electron chi connectivity index (χ3n) is 5.62. The van der Waals surface area contributed by atoms with E-state index < -0.39 is 11.0 Å². The van der Waals surface area contributed by atoms with E-state index in [1.165, 1.54) is 6.92 Å². The molecule has 0 bridgehead atoms. The van der Waals surface area contributed by atoms with Crippen molar-refractivity contribution in [2.24, 2.45) is 11.3 Å². The molecular formula is C14H20O4. The molecule has 3 aliphatic rings. The highest BCUT2D eigenvalue weighted by Crippen LogP contribution is 2.61. The van der Waals surface area contributed by atoms with Gasteiger partial charge >= 0.3 is 0 Å². The zero-order valence-electron chi connectivity index (χ0n) is 10.9. The second kappa shape index (κ2) is 3.42. The fraction of sp³-hybridized carbons (Fsp3) is 0.857. The summed E-state index contributed by atoms with van der Waals surface area (Å²) >= 11 is 0. The first kappa shape index (κ1) is 12.3. The summed E-state index contributed by atoms with van der Waals surface area (Å²) in [4.78, 5) is 23.4. The highest BCUT2D eigenvalue weighted by molar-refractivity contribution is 5.82. The van der Waals surface area contributed by atoms with Crippen LogP contribution in [0.4, 0.5) is 0 Å². The van der Waals surface area contributed by atoms with Crippen molar-refractivity contribution in [3.63, 3.8) is 0 Å². The van der Waals surface area contributed by atoms with Crippen molar-refractivity contribution < 1.29 is 19.4 Å². The molecule has 0 amide bonds. The van der Waals surface area contributed by atoms with Gasteiger partial charge in [0.1, 0.15) is 12.1 Å². The molecule has 3 rings (SSSR count). The number of hydrogen-bond donors (Lipinski definition) is 1. The van der Waals surface area contributed by atoms with Crippen LogP contribution in [-0.4, -0.2) is 34.5 Å². The van der Waals surface area contributed by atoms with Crippen molar-refractivity contribution in [2.75, 3.05) is 0 Å². The van der Waals surface area contributed by atoms with Crippen LogP contribution in [0.3, 0.4) is 0 Å². The second-order valence-electron chi connectivity index (χ2n) is 6.52. The number of carbonyl (C=O) groups excluding carboxylic acids is 2. The molecule has 4 heteroatoms. The van der Waals surface area contributed by atoms with Gasteiger partial charge in [-0.15, -0.1) is 0 Å². The molecule has 1 aliphatic heterocycles. The molecule has 0 unspecified atom stereocenters. The molecule has 4 nitrogen and oxygen atoms in total. The Morgan fingerprint density at radius 3 is 2.72 bits per heavy atom. The van der Waals surface area contributed by atoms with Crippen molar-refractivity contribution in [1.82, 2.24) is 0 Å². The number of Topliss-reactive ketones (excluding diaryl/α,β-unsaturated/α-hetero) is 1. The first-order valence-electron chi connectivity index (χ1n) is 6.74. The van der Waals surface area contributed by atoms with Crippen LogP contribution >= 0.6 is 0 Å². The lowest BCUT2D eigenvalue weighted by Crippen LogP contribution is -2.51. The van der Waals surface area contributed by atoms with Gasteiger partial charge in [-0.25, -0.2) is 0 Å². The summed E-state index contributed by atoms with van der Waals surface area (Å²) in [7, 11) is 0. The van der Waals surface area contributed by atoms with E-state index in [1.807, 2.05) is 6.92 Å². The van der Waals surface area contributed by atoms with Crippen molar-refractivity contribution >= 4 is 12.1 Å². The zero-order valence-corrected chi connectivity index (χ0v) is 10.9. The molecule has 1 saturated heterocycles. The summed E-state index contributed by atoms with van der Waals surface area (Å²) in [6, 6.07) is 0. The van der Waals surface area contributed by atoms with Crippen molar-refractivity contribution in [1.29, 1.82) is 0 Å². The van der Waals surface area contributed by atoms with E-state index in [0.29, 0.717) is 25.7 Å². The Balaban J connectivity index is 2.01. The minimum Gasteiger partial charge on any atom is -0.388 e. The number of ketones is 1. The zero-order chi connectivity index (χ0) is 13.2. The summed E-state index contributed by atoms with van der Waals surface area (Å²) in [5.74, 6) is -0.383. The normalized spacial score (nSPS) is 54.2. The van der Waals surface area contributed by atoms with Crippen molar-refractivity contribution in [3.8, 4) is 0 Å². The predicted octanol–water partition coefficient (Wildman–Crippen LogP) is 1.24. The minimum absolute atomic E-state index is 0.00266. The molecule has 3 fully saturated rings. The average molecular weight is 252 g/mol. The smallest absolute Gasteiger partial charge is 0.135 e. The highest BCUT2D eigenvalue weighted by atomic mass is 16.6. The van der Waals surface area contributed by atoms with Gasteiger partial charge in [0.2, 0.25) is 0 Å². The average Bonchev–Trinajstić information content (AvgIpc) is 2.86. The molecule has 18 heavy (non-hydrogen) atoms. The van der Waals surface area contributed by atoms with Crippen LogP contribution in [0.2, 0.25) is 0 Å². The fourth-order valence-electron chi connectivity index (χ4n) is 4.19. The topological polar surface area (TPSA) is 66.9 Å². The van der Waals surface area contributed by atoms with Gasteiger partial charge in [0.25, 0.3) is 0 Å². The maximum Gasteiger partial charge on any atom is 0.135 e. The maximum absolute atomic E-state index is 11.7. The summed E-state index contributed by atoms with van der Waals surface area (Å²) in [6.07, 6.45) is 3.97. The third-order valence-corrected chi connectivity index (χ3v) is 5.62. The lowest BCUT2D eigenvalue weighted by atomic mass is 9.68. The molecule has 2 saturated carbocycles. The number of aliphatic hydroxyl groups is 1. The number of carbonyl (C=O) groups is 2. The number of epoxide rings is 1. The van der Waals surface area contributed by atoms with Crippen LogP contribution in [0.1, 0.15) is 46.0 Å². The van der Waals surface area contributed by atoms with Gasteiger partial charge in [0.05, 0.1) is 22.7 Å². The Bertz CT molecular complexity index is 420. The summed E-state index contributed by atoms with van der Waals surface area (Å²) in [5, 5.41) is 11.0. The molecule has 0 spiro atoms. The number of rotatable bonds is 2. The Labute approximate surface area is 107 Å². The molecule has 0 aromatic rings.